The van der Waals surface area contributed by atoms with E-state index in [1.54, 1.807) is 19.1 Å². The van der Waals surface area contributed by atoms with Crippen molar-refractivity contribution in [3.05, 3.63) is 42.5 Å². The monoisotopic (exact) mass is 191 g/mol. The molecule has 1 rings (SSSR count). The highest BCUT2D eigenvalue weighted by Crippen LogP contribution is 2.33. The molecule has 0 aliphatic rings. The molecule has 76 valence electrons. The lowest BCUT2D eigenvalue weighted by atomic mass is 9.83. The third kappa shape index (κ3) is 1.80. The highest BCUT2D eigenvalue weighted by molar-refractivity contribution is 5.49. The van der Waals surface area contributed by atoms with Crippen LogP contribution in [0.15, 0.2) is 36.9 Å². The summed E-state index contributed by atoms with van der Waals surface area (Å²) in [6, 6.07) is 7.36. The van der Waals surface area contributed by atoms with Crippen LogP contribution >= 0.6 is 0 Å². The number of aliphatic hydroxyl groups is 1. The summed E-state index contributed by atoms with van der Waals surface area (Å²) in [5.41, 5.74) is 6.23. The molecule has 0 saturated carbocycles. The SMILES string of the molecule is C=C[C@H](C)[C@@](C)(O)c1ccccc1N. The van der Waals surface area contributed by atoms with Crippen molar-refractivity contribution in [1.29, 1.82) is 0 Å². The third-order valence-electron chi connectivity index (χ3n) is 2.75. The minimum atomic E-state index is -0.951. The molecule has 0 bridgehead atoms. The number of rotatable bonds is 3. The quantitative estimate of drug-likeness (QED) is 0.569. The number of hydrogen-bond donors (Lipinski definition) is 2. The fourth-order valence-electron chi connectivity index (χ4n) is 1.43. The van der Waals surface area contributed by atoms with Gasteiger partial charge in [-0.25, -0.2) is 0 Å². The van der Waals surface area contributed by atoms with Crippen molar-refractivity contribution in [2.75, 3.05) is 5.73 Å². The summed E-state index contributed by atoms with van der Waals surface area (Å²) in [5, 5.41) is 10.3. The molecule has 2 atom stereocenters. The summed E-state index contributed by atoms with van der Waals surface area (Å²) >= 11 is 0. The fraction of sp³-hybridized carbons (Fsp3) is 0.333. The first-order valence-corrected chi connectivity index (χ1v) is 4.70. The van der Waals surface area contributed by atoms with E-state index in [0.717, 1.165) is 5.56 Å². The van der Waals surface area contributed by atoms with Crippen molar-refractivity contribution in [3.63, 3.8) is 0 Å². The van der Waals surface area contributed by atoms with E-state index in [4.69, 9.17) is 5.73 Å². The lowest BCUT2D eigenvalue weighted by Crippen LogP contribution is -2.29. The number of anilines is 1. The molecule has 0 unspecified atom stereocenters. The van der Waals surface area contributed by atoms with Gasteiger partial charge >= 0.3 is 0 Å². The van der Waals surface area contributed by atoms with E-state index in [9.17, 15) is 5.11 Å². The van der Waals surface area contributed by atoms with Gasteiger partial charge in [-0.3, -0.25) is 0 Å². The van der Waals surface area contributed by atoms with E-state index in [-0.39, 0.29) is 5.92 Å². The Morgan fingerprint density at radius 2 is 2.07 bits per heavy atom. The van der Waals surface area contributed by atoms with Crippen molar-refractivity contribution in [3.8, 4) is 0 Å². The van der Waals surface area contributed by atoms with Crippen LogP contribution in [0.1, 0.15) is 19.4 Å². The average molecular weight is 191 g/mol. The van der Waals surface area contributed by atoms with Gasteiger partial charge < -0.3 is 10.8 Å². The molecule has 0 fully saturated rings. The first kappa shape index (κ1) is 10.8. The summed E-state index contributed by atoms with van der Waals surface area (Å²) in [7, 11) is 0. The van der Waals surface area contributed by atoms with Gasteiger partial charge in [-0.05, 0) is 13.0 Å². The molecule has 0 spiro atoms. The summed E-state index contributed by atoms with van der Waals surface area (Å²) < 4.78 is 0. The molecular weight excluding hydrogens is 174 g/mol. The Kier molecular flexibility index (Phi) is 2.96. The Morgan fingerprint density at radius 1 is 1.50 bits per heavy atom. The first-order valence-electron chi connectivity index (χ1n) is 4.70. The van der Waals surface area contributed by atoms with Crippen LogP contribution in [0, 0.1) is 5.92 Å². The molecule has 0 amide bonds. The summed E-state index contributed by atoms with van der Waals surface area (Å²) in [6.45, 7) is 7.35. The van der Waals surface area contributed by atoms with E-state index < -0.39 is 5.60 Å². The van der Waals surface area contributed by atoms with Crippen molar-refractivity contribution in [2.24, 2.45) is 5.92 Å². The Morgan fingerprint density at radius 3 is 2.57 bits per heavy atom. The van der Waals surface area contributed by atoms with Crippen LogP contribution < -0.4 is 5.73 Å². The van der Waals surface area contributed by atoms with Crippen LogP contribution in [-0.2, 0) is 5.60 Å². The number of nitrogen functional groups attached to an aromatic ring is 1. The van der Waals surface area contributed by atoms with Gasteiger partial charge in [0.15, 0.2) is 0 Å². The van der Waals surface area contributed by atoms with Gasteiger partial charge in [0.05, 0.1) is 5.60 Å². The molecule has 14 heavy (non-hydrogen) atoms. The normalized spacial score (nSPS) is 17.1. The molecule has 1 aromatic carbocycles. The predicted molar refractivity (Wildman–Crippen MR) is 59.8 cm³/mol. The van der Waals surface area contributed by atoms with Crippen LogP contribution in [-0.4, -0.2) is 5.11 Å². The smallest absolute Gasteiger partial charge is 0.0947 e. The Hall–Kier alpha value is -1.28. The largest absolute Gasteiger partial charge is 0.398 e. The Balaban J connectivity index is 3.15. The van der Waals surface area contributed by atoms with Gasteiger partial charge in [0, 0.05) is 17.2 Å². The van der Waals surface area contributed by atoms with Crippen molar-refractivity contribution < 1.29 is 5.11 Å². The maximum atomic E-state index is 10.3. The highest BCUT2D eigenvalue weighted by Gasteiger charge is 2.29. The van der Waals surface area contributed by atoms with Crippen LogP contribution in [0.4, 0.5) is 5.69 Å². The lowest BCUT2D eigenvalue weighted by molar-refractivity contribution is 0.0213. The molecular formula is C12H17NO. The standard InChI is InChI=1S/C12H17NO/c1-4-9(2)12(3,14)10-7-5-6-8-11(10)13/h4-9,14H,1,13H2,2-3H3/t9-,12+/m0/s1. The van der Waals surface area contributed by atoms with Gasteiger partial charge in [0.1, 0.15) is 0 Å². The van der Waals surface area contributed by atoms with Gasteiger partial charge in [0.25, 0.3) is 0 Å². The molecule has 0 aliphatic carbocycles. The van der Waals surface area contributed by atoms with E-state index in [1.165, 1.54) is 0 Å². The lowest BCUT2D eigenvalue weighted by Gasteiger charge is -2.29. The summed E-state index contributed by atoms with van der Waals surface area (Å²) in [6.07, 6.45) is 1.73. The van der Waals surface area contributed by atoms with Gasteiger partial charge in [-0.15, -0.1) is 6.58 Å². The summed E-state index contributed by atoms with van der Waals surface area (Å²) in [5.74, 6) is -0.0350. The molecule has 0 aliphatic heterocycles. The molecule has 0 saturated heterocycles. The Bertz CT molecular complexity index is 331. The first-order chi connectivity index (χ1) is 6.50. The zero-order valence-electron chi connectivity index (χ0n) is 8.70. The molecule has 0 aromatic heterocycles. The van der Waals surface area contributed by atoms with Gasteiger partial charge in [-0.2, -0.15) is 0 Å². The van der Waals surface area contributed by atoms with Crippen LogP contribution in [0.3, 0.4) is 0 Å². The van der Waals surface area contributed by atoms with Gasteiger partial charge in [0.2, 0.25) is 0 Å². The van der Waals surface area contributed by atoms with E-state index in [1.807, 2.05) is 25.1 Å². The number of nitrogens with two attached hydrogens (primary N) is 1. The second kappa shape index (κ2) is 3.84. The predicted octanol–water partition coefficient (Wildman–Crippen LogP) is 2.30. The summed E-state index contributed by atoms with van der Waals surface area (Å²) in [4.78, 5) is 0. The van der Waals surface area contributed by atoms with Crippen molar-refractivity contribution in [2.45, 2.75) is 19.4 Å². The zero-order valence-corrected chi connectivity index (χ0v) is 8.70. The number of benzene rings is 1. The second-order valence-corrected chi connectivity index (χ2v) is 3.76. The number of hydrogen-bond acceptors (Lipinski definition) is 2. The minimum Gasteiger partial charge on any atom is -0.398 e. The molecule has 0 heterocycles. The number of para-hydroxylation sites is 1. The molecule has 2 heteroatoms. The minimum absolute atomic E-state index is 0.0350. The van der Waals surface area contributed by atoms with Crippen LogP contribution in [0.25, 0.3) is 0 Å². The van der Waals surface area contributed by atoms with Crippen molar-refractivity contribution in [1.82, 2.24) is 0 Å². The zero-order chi connectivity index (χ0) is 10.8. The van der Waals surface area contributed by atoms with Crippen molar-refractivity contribution >= 4 is 5.69 Å². The van der Waals surface area contributed by atoms with E-state index in [0.29, 0.717) is 5.69 Å². The topological polar surface area (TPSA) is 46.2 Å². The average Bonchev–Trinajstić information content (AvgIpc) is 2.17. The maximum Gasteiger partial charge on any atom is 0.0947 e. The van der Waals surface area contributed by atoms with E-state index in [2.05, 4.69) is 6.58 Å². The molecule has 0 radical (unpaired) electrons. The van der Waals surface area contributed by atoms with Crippen LogP contribution in [0.5, 0.6) is 0 Å². The maximum absolute atomic E-state index is 10.3. The Labute approximate surface area is 85.1 Å². The highest BCUT2D eigenvalue weighted by atomic mass is 16.3. The van der Waals surface area contributed by atoms with Crippen LogP contribution in [0.2, 0.25) is 0 Å². The fourth-order valence-corrected chi connectivity index (χ4v) is 1.43. The van der Waals surface area contributed by atoms with E-state index >= 15 is 0 Å². The molecule has 3 N–H and O–H groups in total. The third-order valence-corrected chi connectivity index (χ3v) is 2.75. The van der Waals surface area contributed by atoms with Gasteiger partial charge in [-0.1, -0.05) is 31.2 Å². The molecule has 2 nitrogen and oxygen atoms in total. The molecule has 1 aromatic rings. The second-order valence-electron chi connectivity index (χ2n) is 3.76.